The van der Waals surface area contributed by atoms with Crippen molar-refractivity contribution in [2.75, 3.05) is 13.2 Å². The molecule has 1 amide bonds. The van der Waals surface area contributed by atoms with E-state index in [1.807, 2.05) is 20.8 Å². The maximum absolute atomic E-state index is 12.5. The molecule has 0 aliphatic rings. The highest BCUT2D eigenvalue weighted by Gasteiger charge is 2.22. The third-order valence-electron chi connectivity index (χ3n) is 2.89. The topological polar surface area (TPSA) is 46.6 Å². The van der Waals surface area contributed by atoms with E-state index in [1.165, 1.54) is 4.90 Å². The number of rotatable bonds is 5. The molecule has 0 bridgehead atoms. The fourth-order valence-electron chi connectivity index (χ4n) is 1.78. The van der Waals surface area contributed by atoms with Gasteiger partial charge in [-0.15, -0.1) is 0 Å². The molecular weight excluding hydrogens is 278 g/mol. The fourth-order valence-corrected chi connectivity index (χ4v) is 1.90. The molecule has 0 radical (unpaired) electrons. The Morgan fingerprint density at radius 2 is 2.00 bits per heavy atom. The van der Waals surface area contributed by atoms with Gasteiger partial charge in [-0.05, 0) is 51.5 Å². The summed E-state index contributed by atoms with van der Waals surface area (Å²) in [4.78, 5) is 25.5. The van der Waals surface area contributed by atoms with E-state index in [0.29, 0.717) is 17.2 Å². The lowest BCUT2D eigenvalue weighted by molar-refractivity contribution is -0.144. The van der Waals surface area contributed by atoms with Gasteiger partial charge in [0.15, 0.2) is 0 Å². The minimum atomic E-state index is -0.403. The van der Waals surface area contributed by atoms with Crippen LogP contribution in [0.5, 0.6) is 0 Å². The molecule has 1 aromatic rings. The lowest BCUT2D eigenvalue weighted by atomic mass is 10.1. The number of benzene rings is 1. The van der Waals surface area contributed by atoms with Gasteiger partial charge < -0.3 is 9.64 Å². The molecule has 0 aliphatic heterocycles. The van der Waals surface area contributed by atoms with Crippen LogP contribution >= 0.6 is 11.6 Å². The smallest absolute Gasteiger partial charge is 0.325 e. The number of esters is 1. The highest BCUT2D eigenvalue weighted by molar-refractivity contribution is 6.31. The van der Waals surface area contributed by atoms with Crippen molar-refractivity contribution in [2.45, 2.75) is 33.7 Å². The van der Waals surface area contributed by atoms with E-state index in [-0.39, 0.29) is 18.5 Å². The first kappa shape index (κ1) is 16.5. The number of carbonyl (C=O) groups excluding carboxylic acids is 2. The molecule has 20 heavy (non-hydrogen) atoms. The van der Waals surface area contributed by atoms with Crippen molar-refractivity contribution >= 4 is 23.5 Å². The third-order valence-corrected chi connectivity index (χ3v) is 3.32. The molecule has 1 aromatic carbocycles. The molecule has 5 heteroatoms. The van der Waals surface area contributed by atoms with Gasteiger partial charge in [-0.25, -0.2) is 0 Å². The summed E-state index contributed by atoms with van der Waals surface area (Å²) < 4.78 is 4.90. The van der Waals surface area contributed by atoms with Gasteiger partial charge in [0.1, 0.15) is 6.54 Å². The summed E-state index contributed by atoms with van der Waals surface area (Å²) in [5, 5.41) is 0.614. The van der Waals surface area contributed by atoms with E-state index in [9.17, 15) is 9.59 Å². The van der Waals surface area contributed by atoms with Gasteiger partial charge in [-0.2, -0.15) is 0 Å². The van der Waals surface area contributed by atoms with Gasteiger partial charge in [0.2, 0.25) is 0 Å². The molecule has 0 unspecified atom stereocenters. The van der Waals surface area contributed by atoms with Crippen LogP contribution in [0.4, 0.5) is 0 Å². The average molecular weight is 298 g/mol. The van der Waals surface area contributed by atoms with Crippen molar-refractivity contribution in [3.05, 3.63) is 34.3 Å². The summed E-state index contributed by atoms with van der Waals surface area (Å²) in [6.45, 7) is 7.55. The van der Waals surface area contributed by atoms with Gasteiger partial charge in [0.25, 0.3) is 5.91 Å². The van der Waals surface area contributed by atoms with Crippen molar-refractivity contribution in [2.24, 2.45) is 0 Å². The Hall–Kier alpha value is -1.55. The number of hydrogen-bond acceptors (Lipinski definition) is 3. The summed E-state index contributed by atoms with van der Waals surface area (Å²) in [7, 11) is 0. The molecular formula is C15H20ClNO3. The Bertz CT molecular complexity index is 500. The molecule has 0 atom stereocenters. The zero-order chi connectivity index (χ0) is 15.3. The predicted molar refractivity (Wildman–Crippen MR) is 79.0 cm³/mol. The molecule has 0 saturated heterocycles. The second kappa shape index (κ2) is 7.29. The number of amides is 1. The second-order valence-electron chi connectivity index (χ2n) is 4.80. The van der Waals surface area contributed by atoms with Gasteiger partial charge >= 0.3 is 5.97 Å². The highest BCUT2D eigenvalue weighted by atomic mass is 35.5. The first-order valence-electron chi connectivity index (χ1n) is 6.59. The van der Waals surface area contributed by atoms with Gasteiger partial charge in [-0.3, -0.25) is 9.59 Å². The standard InChI is InChI=1S/C15H20ClNO3/c1-5-20-14(18)9-17(10(2)3)15(19)12-6-7-13(16)11(4)8-12/h6-8,10H,5,9H2,1-4H3. The van der Waals surface area contributed by atoms with Crippen LogP contribution in [0.25, 0.3) is 0 Å². The zero-order valence-electron chi connectivity index (χ0n) is 12.3. The molecule has 0 spiro atoms. The lowest BCUT2D eigenvalue weighted by Gasteiger charge is -2.26. The summed E-state index contributed by atoms with van der Waals surface area (Å²) in [6.07, 6.45) is 0. The largest absolute Gasteiger partial charge is 0.465 e. The molecule has 4 nitrogen and oxygen atoms in total. The van der Waals surface area contributed by atoms with Gasteiger partial charge in [0.05, 0.1) is 6.61 Å². The molecule has 0 aromatic heterocycles. The van der Waals surface area contributed by atoms with Crippen LogP contribution in [0.15, 0.2) is 18.2 Å². The maximum Gasteiger partial charge on any atom is 0.325 e. The van der Waals surface area contributed by atoms with Crippen LogP contribution in [0.3, 0.4) is 0 Å². The second-order valence-corrected chi connectivity index (χ2v) is 5.20. The Morgan fingerprint density at radius 1 is 1.35 bits per heavy atom. The molecule has 110 valence electrons. The Balaban J connectivity index is 2.93. The van der Waals surface area contributed by atoms with E-state index in [4.69, 9.17) is 16.3 Å². The number of carbonyl (C=O) groups is 2. The summed E-state index contributed by atoms with van der Waals surface area (Å²) in [5.41, 5.74) is 1.35. The van der Waals surface area contributed by atoms with Crippen LogP contribution in [-0.2, 0) is 9.53 Å². The molecule has 0 N–H and O–H groups in total. The van der Waals surface area contributed by atoms with Crippen LogP contribution in [-0.4, -0.2) is 36.0 Å². The molecule has 0 fully saturated rings. The zero-order valence-corrected chi connectivity index (χ0v) is 13.0. The summed E-state index contributed by atoms with van der Waals surface area (Å²) in [5.74, 6) is -0.604. The Morgan fingerprint density at radius 3 is 2.50 bits per heavy atom. The van der Waals surface area contributed by atoms with Crippen LogP contribution < -0.4 is 0 Å². The quantitative estimate of drug-likeness (QED) is 0.785. The average Bonchev–Trinajstić information content (AvgIpc) is 2.38. The monoisotopic (exact) mass is 297 g/mol. The van der Waals surface area contributed by atoms with Crippen molar-refractivity contribution in [3.8, 4) is 0 Å². The summed E-state index contributed by atoms with van der Waals surface area (Å²) >= 11 is 5.95. The van der Waals surface area contributed by atoms with E-state index in [1.54, 1.807) is 25.1 Å². The minimum Gasteiger partial charge on any atom is -0.465 e. The number of nitrogens with zero attached hydrogens (tertiary/aromatic N) is 1. The van der Waals surface area contributed by atoms with Crippen molar-refractivity contribution in [1.29, 1.82) is 0 Å². The summed E-state index contributed by atoms with van der Waals surface area (Å²) in [6, 6.07) is 4.99. The van der Waals surface area contributed by atoms with Gasteiger partial charge in [-0.1, -0.05) is 11.6 Å². The molecule has 1 rings (SSSR count). The van der Waals surface area contributed by atoms with Crippen molar-refractivity contribution < 1.29 is 14.3 Å². The number of hydrogen-bond donors (Lipinski definition) is 0. The van der Waals surface area contributed by atoms with Crippen molar-refractivity contribution in [1.82, 2.24) is 4.90 Å². The highest BCUT2D eigenvalue weighted by Crippen LogP contribution is 2.18. The molecule has 0 heterocycles. The number of halogens is 1. The minimum absolute atomic E-state index is 0.0496. The first-order chi connectivity index (χ1) is 9.36. The lowest BCUT2D eigenvalue weighted by Crippen LogP contribution is -2.41. The molecule has 0 aliphatic carbocycles. The number of aryl methyl sites for hydroxylation is 1. The van der Waals surface area contributed by atoms with E-state index in [2.05, 4.69) is 0 Å². The van der Waals surface area contributed by atoms with Crippen LogP contribution in [0, 0.1) is 6.92 Å². The van der Waals surface area contributed by atoms with E-state index >= 15 is 0 Å². The SMILES string of the molecule is CCOC(=O)CN(C(=O)c1ccc(Cl)c(C)c1)C(C)C. The van der Waals surface area contributed by atoms with E-state index in [0.717, 1.165) is 5.56 Å². The predicted octanol–water partition coefficient (Wildman–Crippen LogP) is 3.06. The normalized spacial score (nSPS) is 10.5. The molecule has 0 saturated carbocycles. The first-order valence-corrected chi connectivity index (χ1v) is 6.97. The number of ether oxygens (including phenoxy) is 1. The van der Waals surface area contributed by atoms with Gasteiger partial charge in [0, 0.05) is 16.6 Å². The van der Waals surface area contributed by atoms with Crippen molar-refractivity contribution in [3.63, 3.8) is 0 Å². The fraction of sp³-hybridized carbons (Fsp3) is 0.467. The van der Waals surface area contributed by atoms with E-state index < -0.39 is 5.97 Å². The third kappa shape index (κ3) is 4.23. The maximum atomic E-state index is 12.5. The van der Waals surface area contributed by atoms with Crippen LogP contribution in [0.1, 0.15) is 36.7 Å². The van der Waals surface area contributed by atoms with Crippen LogP contribution in [0.2, 0.25) is 5.02 Å². The Labute approximate surface area is 124 Å². The Kier molecular flexibility index (Phi) is 6.02.